The van der Waals surface area contributed by atoms with Crippen molar-refractivity contribution in [2.75, 3.05) is 0 Å². The van der Waals surface area contributed by atoms with Crippen LogP contribution in [-0.2, 0) is 13.0 Å². The van der Waals surface area contributed by atoms with Crippen molar-refractivity contribution in [3.8, 4) is 6.07 Å². The van der Waals surface area contributed by atoms with Crippen LogP contribution >= 0.6 is 11.6 Å². The van der Waals surface area contributed by atoms with Gasteiger partial charge in [0, 0.05) is 18.3 Å². The van der Waals surface area contributed by atoms with Gasteiger partial charge >= 0.3 is 0 Å². The van der Waals surface area contributed by atoms with Gasteiger partial charge in [-0.1, -0.05) is 11.6 Å². The minimum atomic E-state index is -2.69. The van der Waals surface area contributed by atoms with Crippen LogP contribution in [-0.4, -0.2) is 4.98 Å². The third-order valence-electron chi connectivity index (χ3n) is 1.91. The maximum Gasteiger partial charge on any atom is 0.265 e. The van der Waals surface area contributed by atoms with Crippen LogP contribution in [0.1, 0.15) is 23.2 Å². The van der Waals surface area contributed by atoms with E-state index in [0.29, 0.717) is 5.69 Å². The first-order valence-electron chi connectivity index (χ1n) is 4.13. The Labute approximate surface area is 90.5 Å². The number of rotatable bonds is 3. The molecule has 0 aliphatic rings. The second-order valence-electron chi connectivity index (χ2n) is 2.79. The van der Waals surface area contributed by atoms with Crippen LogP contribution in [0, 0.1) is 11.3 Å². The molecule has 0 saturated carbocycles. The molecule has 6 heteroatoms. The molecule has 0 spiro atoms. The van der Waals surface area contributed by atoms with Gasteiger partial charge in [0.05, 0.1) is 23.2 Å². The number of aromatic nitrogens is 1. The quantitative estimate of drug-likeness (QED) is 0.867. The zero-order valence-corrected chi connectivity index (χ0v) is 8.43. The Morgan fingerprint density at radius 3 is 2.73 bits per heavy atom. The topological polar surface area (TPSA) is 62.7 Å². The number of hydrogen-bond donors (Lipinski definition) is 1. The van der Waals surface area contributed by atoms with Crippen LogP contribution in [0.25, 0.3) is 0 Å². The van der Waals surface area contributed by atoms with Gasteiger partial charge in [0.15, 0.2) is 0 Å². The lowest BCUT2D eigenvalue weighted by molar-refractivity contribution is 0.150. The van der Waals surface area contributed by atoms with Crippen LogP contribution in [0.5, 0.6) is 0 Å². The molecule has 1 rings (SSSR count). The molecular formula is C9H8ClF2N3. The predicted molar refractivity (Wildman–Crippen MR) is 51.4 cm³/mol. The first-order chi connectivity index (χ1) is 7.11. The monoisotopic (exact) mass is 231 g/mol. The van der Waals surface area contributed by atoms with E-state index < -0.39 is 6.43 Å². The van der Waals surface area contributed by atoms with E-state index in [2.05, 4.69) is 4.98 Å². The highest BCUT2D eigenvalue weighted by atomic mass is 35.5. The van der Waals surface area contributed by atoms with Gasteiger partial charge in [0.1, 0.15) is 0 Å². The van der Waals surface area contributed by atoms with E-state index in [-0.39, 0.29) is 29.1 Å². The van der Waals surface area contributed by atoms with Crippen LogP contribution in [0.3, 0.4) is 0 Å². The van der Waals surface area contributed by atoms with Crippen LogP contribution in [0.2, 0.25) is 5.02 Å². The van der Waals surface area contributed by atoms with Crippen molar-refractivity contribution >= 4 is 11.6 Å². The van der Waals surface area contributed by atoms with E-state index in [1.165, 1.54) is 0 Å². The molecule has 0 fully saturated rings. The maximum atomic E-state index is 12.5. The molecule has 80 valence electrons. The van der Waals surface area contributed by atoms with E-state index in [9.17, 15) is 8.78 Å². The number of pyridine rings is 1. The van der Waals surface area contributed by atoms with Crippen molar-refractivity contribution in [2.45, 2.75) is 19.4 Å². The van der Waals surface area contributed by atoms with Crippen LogP contribution in [0.15, 0.2) is 6.20 Å². The Kier molecular flexibility index (Phi) is 3.95. The minimum absolute atomic E-state index is 0.0563. The first-order valence-corrected chi connectivity index (χ1v) is 4.51. The summed E-state index contributed by atoms with van der Waals surface area (Å²) in [6.07, 6.45) is -1.84. The Balaban J connectivity index is 3.32. The molecule has 0 amide bonds. The van der Waals surface area contributed by atoms with E-state index in [1.807, 2.05) is 0 Å². The van der Waals surface area contributed by atoms with E-state index in [0.717, 1.165) is 6.20 Å². The Bertz CT molecular complexity index is 401. The fourth-order valence-corrected chi connectivity index (χ4v) is 1.47. The summed E-state index contributed by atoms with van der Waals surface area (Å²) in [6, 6.07) is 1.79. The smallest absolute Gasteiger partial charge is 0.265 e. The second-order valence-corrected chi connectivity index (χ2v) is 3.17. The van der Waals surface area contributed by atoms with Gasteiger partial charge in [0.2, 0.25) is 0 Å². The number of hydrogen-bond acceptors (Lipinski definition) is 3. The predicted octanol–water partition coefficient (Wildman–Crippen LogP) is 2.20. The average Bonchev–Trinajstić information content (AvgIpc) is 2.20. The first kappa shape index (κ1) is 11.8. The largest absolute Gasteiger partial charge is 0.325 e. The summed E-state index contributed by atoms with van der Waals surface area (Å²) in [4.78, 5) is 3.71. The highest BCUT2D eigenvalue weighted by Gasteiger charge is 2.18. The molecule has 0 aliphatic carbocycles. The van der Waals surface area contributed by atoms with Crippen LogP contribution in [0.4, 0.5) is 8.78 Å². The number of halogens is 3. The fraction of sp³-hybridized carbons (Fsp3) is 0.333. The number of nitrogens with zero attached hydrogens (tertiary/aromatic N) is 2. The Morgan fingerprint density at radius 2 is 2.27 bits per heavy atom. The van der Waals surface area contributed by atoms with Crippen molar-refractivity contribution in [3.05, 3.63) is 28.0 Å². The molecule has 3 nitrogen and oxygen atoms in total. The summed E-state index contributed by atoms with van der Waals surface area (Å²) in [5.74, 6) is 0. The molecule has 0 unspecified atom stereocenters. The minimum Gasteiger partial charge on any atom is -0.325 e. The second kappa shape index (κ2) is 5.01. The highest BCUT2D eigenvalue weighted by Crippen LogP contribution is 2.29. The molecule has 0 aromatic carbocycles. The maximum absolute atomic E-state index is 12.5. The van der Waals surface area contributed by atoms with Gasteiger partial charge in [-0.3, -0.25) is 4.98 Å². The van der Waals surface area contributed by atoms with Crippen molar-refractivity contribution in [1.29, 1.82) is 5.26 Å². The zero-order chi connectivity index (χ0) is 11.4. The lowest BCUT2D eigenvalue weighted by Crippen LogP contribution is -2.06. The lowest BCUT2D eigenvalue weighted by atomic mass is 10.1. The molecule has 15 heavy (non-hydrogen) atoms. The summed E-state index contributed by atoms with van der Waals surface area (Å²) < 4.78 is 25.1. The summed E-state index contributed by atoms with van der Waals surface area (Å²) in [6.45, 7) is 0.0563. The molecule has 0 aliphatic heterocycles. The molecule has 1 heterocycles. The fourth-order valence-electron chi connectivity index (χ4n) is 1.17. The van der Waals surface area contributed by atoms with Gasteiger partial charge in [-0.25, -0.2) is 8.78 Å². The standard InChI is InChI=1S/C9H8ClF2N3/c10-8-5(1-2-13)6(9(11)12)4-15-7(8)3-14/h4,9H,1,3,14H2. The molecule has 0 saturated heterocycles. The van der Waals surface area contributed by atoms with E-state index in [4.69, 9.17) is 22.6 Å². The lowest BCUT2D eigenvalue weighted by Gasteiger charge is -2.10. The molecule has 1 aromatic heterocycles. The van der Waals surface area contributed by atoms with Crippen molar-refractivity contribution in [2.24, 2.45) is 5.73 Å². The normalized spacial score (nSPS) is 10.4. The van der Waals surface area contributed by atoms with Crippen molar-refractivity contribution in [3.63, 3.8) is 0 Å². The summed E-state index contributed by atoms with van der Waals surface area (Å²) in [5.41, 5.74) is 5.46. The van der Waals surface area contributed by atoms with E-state index in [1.54, 1.807) is 6.07 Å². The molecule has 1 aromatic rings. The highest BCUT2D eigenvalue weighted by molar-refractivity contribution is 6.32. The van der Waals surface area contributed by atoms with Gasteiger partial charge < -0.3 is 5.73 Å². The summed E-state index contributed by atoms with van der Waals surface area (Å²) in [7, 11) is 0. The SMILES string of the molecule is N#CCc1c(C(F)F)cnc(CN)c1Cl. The number of nitriles is 1. The molecule has 0 radical (unpaired) electrons. The molecule has 2 N–H and O–H groups in total. The molecular weight excluding hydrogens is 224 g/mol. The average molecular weight is 232 g/mol. The van der Waals surface area contributed by atoms with Gasteiger partial charge in [-0.15, -0.1) is 0 Å². The van der Waals surface area contributed by atoms with Crippen molar-refractivity contribution < 1.29 is 8.78 Å². The Morgan fingerprint density at radius 1 is 1.60 bits per heavy atom. The summed E-state index contributed by atoms with van der Waals surface area (Å²) >= 11 is 5.81. The van der Waals surface area contributed by atoms with Gasteiger partial charge in [0.25, 0.3) is 6.43 Å². The number of nitrogens with two attached hydrogens (primary N) is 1. The third kappa shape index (κ3) is 2.41. The molecule has 0 atom stereocenters. The van der Waals surface area contributed by atoms with Crippen LogP contribution < -0.4 is 5.73 Å². The summed E-state index contributed by atoms with van der Waals surface area (Å²) in [5, 5.41) is 8.58. The van der Waals surface area contributed by atoms with Gasteiger partial charge in [-0.2, -0.15) is 5.26 Å². The molecule has 0 bridgehead atoms. The van der Waals surface area contributed by atoms with Crippen molar-refractivity contribution in [1.82, 2.24) is 4.98 Å². The Hall–Kier alpha value is -1.25. The van der Waals surface area contributed by atoms with E-state index >= 15 is 0 Å². The third-order valence-corrected chi connectivity index (χ3v) is 2.36. The zero-order valence-electron chi connectivity index (χ0n) is 7.67. The van der Waals surface area contributed by atoms with Gasteiger partial charge in [-0.05, 0) is 5.56 Å². The number of alkyl halides is 2.